The van der Waals surface area contributed by atoms with Crippen molar-refractivity contribution in [3.05, 3.63) is 29.6 Å². The number of benzene rings is 1. The van der Waals surface area contributed by atoms with Gasteiger partial charge in [0.1, 0.15) is 10.7 Å². The Hall–Kier alpha value is -0.980. The zero-order valence-electron chi connectivity index (χ0n) is 12.4. The Morgan fingerprint density at radius 3 is 2.62 bits per heavy atom. The lowest BCUT2D eigenvalue weighted by Crippen LogP contribution is -2.36. The predicted octanol–water partition coefficient (Wildman–Crippen LogP) is 2.50. The Morgan fingerprint density at radius 1 is 1.24 bits per heavy atom. The highest BCUT2D eigenvalue weighted by Gasteiger charge is 2.28. The minimum Gasteiger partial charge on any atom is -0.313 e. The molecule has 0 aliphatic carbocycles. The van der Waals surface area contributed by atoms with Crippen molar-refractivity contribution in [2.24, 2.45) is 0 Å². The molecule has 0 atom stereocenters. The standard InChI is InChI=1S/C15H23FN2O2S/c1-2-8-17-12-13-6-7-14(16)15(11-13)21(19,20)18-9-4-3-5-10-18/h6-7,11,17H,2-5,8-10,12H2,1H3. The van der Waals surface area contributed by atoms with Gasteiger partial charge in [0.25, 0.3) is 0 Å². The smallest absolute Gasteiger partial charge is 0.245 e. The SMILES string of the molecule is CCCNCc1ccc(F)c(S(=O)(=O)N2CCCCC2)c1. The van der Waals surface area contributed by atoms with E-state index in [9.17, 15) is 12.8 Å². The number of nitrogens with zero attached hydrogens (tertiary/aromatic N) is 1. The minimum atomic E-state index is -3.72. The van der Waals surface area contributed by atoms with E-state index in [1.807, 2.05) is 0 Å². The van der Waals surface area contributed by atoms with E-state index in [2.05, 4.69) is 12.2 Å². The molecule has 1 heterocycles. The van der Waals surface area contributed by atoms with Gasteiger partial charge in [-0.3, -0.25) is 0 Å². The summed E-state index contributed by atoms with van der Waals surface area (Å²) in [7, 11) is -3.72. The van der Waals surface area contributed by atoms with Crippen molar-refractivity contribution < 1.29 is 12.8 Å². The van der Waals surface area contributed by atoms with Gasteiger partial charge in [0, 0.05) is 19.6 Å². The molecule has 1 saturated heterocycles. The van der Waals surface area contributed by atoms with Gasteiger partial charge in [0.2, 0.25) is 10.0 Å². The third-order valence-electron chi connectivity index (χ3n) is 3.68. The van der Waals surface area contributed by atoms with Crippen LogP contribution < -0.4 is 5.32 Å². The lowest BCUT2D eigenvalue weighted by molar-refractivity contribution is 0.345. The summed E-state index contributed by atoms with van der Waals surface area (Å²) >= 11 is 0. The van der Waals surface area contributed by atoms with Crippen LogP contribution in [0, 0.1) is 5.82 Å². The first kappa shape index (κ1) is 16.4. The van der Waals surface area contributed by atoms with Gasteiger partial charge in [-0.05, 0) is 43.5 Å². The number of hydrogen-bond acceptors (Lipinski definition) is 3. The van der Waals surface area contributed by atoms with E-state index in [4.69, 9.17) is 0 Å². The molecule has 1 N–H and O–H groups in total. The highest BCUT2D eigenvalue weighted by molar-refractivity contribution is 7.89. The summed E-state index contributed by atoms with van der Waals surface area (Å²) in [4.78, 5) is -0.194. The molecule has 0 spiro atoms. The fourth-order valence-corrected chi connectivity index (χ4v) is 4.14. The van der Waals surface area contributed by atoms with E-state index in [1.165, 1.54) is 16.4 Å². The number of sulfonamides is 1. The Morgan fingerprint density at radius 2 is 1.95 bits per heavy atom. The number of piperidine rings is 1. The fourth-order valence-electron chi connectivity index (χ4n) is 2.51. The summed E-state index contributed by atoms with van der Waals surface area (Å²) in [6.07, 6.45) is 3.73. The third-order valence-corrected chi connectivity index (χ3v) is 5.60. The maximum absolute atomic E-state index is 14.0. The van der Waals surface area contributed by atoms with E-state index in [-0.39, 0.29) is 4.90 Å². The Balaban J connectivity index is 2.22. The van der Waals surface area contributed by atoms with E-state index in [1.54, 1.807) is 6.07 Å². The molecule has 0 saturated carbocycles. The molecule has 1 fully saturated rings. The Kier molecular flexibility index (Phi) is 5.72. The van der Waals surface area contributed by atoms with E-state index >= 15 is 0 Å². The Bertz CT molecular complexity index is 569. The van der Waals surface area contributed by atoms with Gasteiger partial charge < -0.3 is 5.32 Å². The molecule has 1 aromatic rings. The molecule has 1 aliphatic rings. The highest BCUT2D eigenvalue weighted by atomic mass is 32.2. The van der Waals surface area contributed by atoms with Gasteiger partial charge >= 0.3 is 0 Å². The topological polar surface area (TPSA) is 49.4 Å². The molecular formula is C15H23FN2O2S. The largest absolute Gasteiger partial charge is 0.313 e. The number of hydrogen-bond donors (Lipinski definition) is 1. The van der Waals surface area contributed by atoms with Crippen LogP contribution in [0.2, 0.25) is 0 Å². The van der Waals surface area contributed by atoms with Gasteiger partial charge in [-0.1, -0.05) is 19.4 Å². The number of halogens is 1. The predicted molar refractivity (Wildman–Crippen MR) is 81.0 cm³/mol. The van der Waals surface area contributed by atoms with E-state index < -0.39 is 15.8 Å². The molecule has 1 aromatic carbocycles. The summed E-state index contributed by atoms with van der Waals surface area (Å²) in [6, 6.07) is 4.34. The molecule has 118 valence electrons. The first-order valence-corrected chi connectivity index (χ1v) is 8.99. The van der Waals surface area contributed by atoms with Gasteiger partial charge in [0.15, 0.2) is 0 Å². The van der Waals surface area contributed by atoms with Crippen molar-refractivity contribution in [2.45, 2.75) is 44.0 Å². The molecule has 21 heavy (non-hydrogen) atoms. The second-order valence-corrected chi connectivity index (χ2v) is 7.31. The molecule has 1 aliphatic heterocycles. The van der Waals surface area contributed by atoms with Gasteiger partial charge in [-0.15, -0.1) is 0 Å². The summed E-state index contributed by atoms with van der Waals surface area (Å²) < 4.78 is 40.5. The maximum Gasteiger partial charge on any atom is 0.245 e. The molecule has 4 nitrogen and oxygen atoms in total. The average Bonchev–Trinajstić information content (AvgIpc) is 2.50. The molecule has 0 radical (unpaired) electrons. The average molecular weight is 314 g/mol. The summed E-state index contributed by atoms with van der Waals surface area (Å²) in [5.41, 5.74) is 0.792. The normalized spacial score (nSPS) is 17.0. The van der Waals surface area contributed by atoms with Crippen LogP contribution in [0.3, 0.4) is 0 Å². The van der Waals surface area contributed by atoms with Crippen molar-refractivity contribution in [2.75, 3.05) is 19.6 Å². The second kappa shape index (κ2) is 7.33. The van der Waals surface area contributed by atoms with Crippen LogP contribution in [0.25, 0.3) is 0 Å². The fraction of sp³-hybridized carbons (Fsp3) is 0.600. The van der Waals surface area contributed by atoms with Crippen molar-refractivity contribution in [1.82, 2.24) is 9.62 Å². The van der Waals surface area contributed by atoms with Crippen LogP contribution in [0.5, 0.6) is 0 Å². The van der Waals surface area contributed by atoms with Crippen molar-refractivity contribution in [3.8, 4) is 0 Å². The van der Waals surface area contributed by atoms with Crippen molar-refractivity contribution in [1.29, 1.82) is 0 Å². The van der Waals surface area contributed by atoms with Crippen LogP contribution in [-0.4, -0.2) is 32.4 Å². The van der Waals surface area contributed by atoms with Gasteiger partial charge in [0.05, 0.1) is 0 Å². The summed E-state index contributed by atoms with van der Waals surface area (Å²) in [5, 5.41) is 3.20. The molecular weight excluding hydrogens is 291 g/mol. The van der Waals surface area contributed by atoms with E-state index in [0.717, 1.165) is 37.8 Å². The van der Waals surface area contributed by atoms with Crippen LogP contribution in [0.15, 0.2) is 23.1 Å². The van der Waals surface area contributed by atoms with E-state index in [0.29, 0.717) is 19.6 Å². The minimum absolute atomic E-state index is 0.194. The zero-order valence-corrected chi connectivity index (χ0v) is 13.3. The maximum atomic E-state index is 14.0. The third kappa shape index (κ3) is 4.02. The molecule has 0 bridgehead atoms. The van der Waals surface area contributed by atoms with Crippen LogP contribution >= 0.6 is 0 Å². The lowest BCUT2D eigenvalue weighted by Gasteiger charge is -2.26. The molecule has 0 unspecified atom stereocenters. The quantitative estimate of drug-likeness (QED) is 0.821. The van der Waals surface area contributed by atoms with Crippen molar-refractivity contribution in [3.63, 3.8) is 0 Å². The summed E-state index contributed by atoms with van der Waals surface area (Å²) in [6.45, 7) is 4.44. The second-order valence-electron chi connectivity index (χ2n) is 5.41. The first-order valence-electron chi connectivity index (χ1n) is 7.55. The van der Waals surface area contributed by atoms with Crippen molar-refractivity contribution >= 4 is 10.0 Å². The zero-order chi connectivity index (χ0) is 15.3. The molecule has 2 rings (SSSR count). The number of rotatable bonds is 6. The summed E-state index contributed by atoms with van der Waals surface area (Å²) in [5.74, 6) is -0.667. The molecule has 6 heteroatoms. The molecule has 0 aromatic heterocycles. The number of nitrogens with one attached hydrogen (secondary N) is 1. The Labute approximate surface area is 126 Å². The van der Waals surface area contributed by atoms with Crippen LogP contribution in [0.4, 0.5) is 4.39 Å². The monoisotopic (exact) mass is 314 g/mol. The highest BCUT2D eigenvalue weighted by Crippen LogP contribution is 2.23. The lowest BCUT2D eigenvalue weighted by atomic mass is 10.2. The first-order chi connectivity index (χ1) is 10.1. The van der Waals surface area contributed by atoms with Crippen LogP contribution in [0.1, 0.15) is 38.2 Å². The molecule has 0 amide bonds. The van der Waals surface area contributed by atoms with Gasteiger partial charge in [-0.25, -0.2) is 12.8 Å². The van der Waals surface area contributed by atoms with Crippen LogP contribution in [-0.2, 0) is 16.6 Å². The van der Waals surface area contributed by atoms with Gasteiger partial charge in [-0.2, -0.15) is 4.31 Å².